The van der Waals surface area contributed by atoms with Crippen molar-refractivity contribution in [3.63, 3.8) is 0 Å². The monoisotopic (exact) mass is 683 g/mol. The fraction of sp³-hybridized carbons (Fsp3) is 0.0612. The molecule has 1 aliphatic rings. The Hall–Kier alpha value is -6.16. The lowest BCUT2D eigenvalue weighted by Gasteiger charge is -2.28. The summed E-state index contributed by atoms with van der Waals surface area (Å²) < 4.78 is 9.11. The quantitative estimate of drug-likeness (QED) is 0.184. The lowest BCUT2D eigenvalue weighted by Crippen LogP contribution is -2.16. The van der Waals surface area contributed by atoms with E-state index in [9.17, 15) is 0 Å². The van der Waals surface area contributed by atoms with Crippen LogP contribution in [0.1, 0.15) is 25.0 Å². The Bertz CT molecular complexity index is 3050. The van der Waals surface area contributed by atoms with Gasteiger partial charge in [-0.05, 0) is 111 Å². The summed E-state index contributed by atoms with van der Waals surface area (Å²) in [6.45, 7) is 4.77. The molecule has 10 aromatic rings. The molecule has 2 heterocycles. The number of benzene rings is 8. The molecule has 8 aromatic carbocycles. The number of fused-ring (bicyclic) bond motifs is 10. The minimum atomic E-state index is -0.162. The van der Waals surface area contributed by atoms with Crippen molar-refractivity contribution < 1.29 is 4.42 Å². The van der Waals surface area contributed by atoms with Crippen molar-refractivity contribution in [1.82, 2.24) is 0 Å². The molecule has 3 heteroatoms. The Kier molecular flexibility index (Phi) is 6.21. The first-order valence-corrected chi connectivity index (χ1v) is 18.7. The molecule has 0 amide bonds. The molecule has 0 bridgehead atoms. The van der Waals surface area contributed by atoms with Crippen LogP contribution in [0, 0.1) is 0 Å². The summed E-state index contributed by atoms with van der Waals surface area (Å²) >= 11 is 1.90. The molecule has 0 saturated heterocycles. The maximum Gasteiger partial charge on any atom is 0.137 e. The lowest BCUT2D eigenvalue weighted by molar-refractivity contribution is 0.661. The third-order valence-electron chi connectivity index (χ3n) is 11.2. The predicted molar refractivity (Wildman–Crippen MR) is 222 cm³/mol. The number of para-hydroxylation sites is 1. The van der Waals surface area contributed by atoms with Crippen LogP contribution >= 0.6 is 11.3 Å². The van der Waals surface area contributed by atoms with E-state index in [1.54, 1.807) is 0 Å². The second-order valence-corrected chi connectivity index (χ2v) is 15.6. The molecule has 52 heavy (non-hydrogen) atoms. The zero-order valence-electron chi connectivity index (χ0n) is 28.9. The molecule has 11 rings (SSSR count). The van der Waals surface area contributed by atoms with E-state index >= 15 is 0 Å². The lowest BCUT2D eigenvalue weighted by atomic mass is 9.82. The minimum absolute atomic E-state index is 0.162. The molecule has 0 unspecified atom stereocenters. The van der Waals surface area contributed by atoms with E-state index in [4.69, 9.17) is 4.42 Å². The number of nitrogens with zero attached hydrogens (tertiary/aromatic N) is 1. The van der Waals surface area contributed by atoms with Crippen LogP contribution in [0.4, 0.5) is 17.1 Å². The molecular formula is C49H33NOS. The van der Waals surface area contributed by atoms with E-state index in [0.29, 0.717) is 0 Å². The van der Waals surface area contributed by atoms with Gasteiger partial charge in [0.2, 0.25) is 0 Å². The molecular weight excluding hydrogens is 651 g/mol. The SMILES string of the molecule is CC1(C)c2cc(N(c3ccc(-c4ccc5ccccc5c4)cc3)c3cccc4oc5ccccc5c34)ccc2-c2cc3c(cc21)sc1ccccc13. The number of hydrogen-bond acceptors (Lipinski definition) is 3. The molecule has 0 atom stereocenters. The molecule has 0 N–H and O–H groups in total. The molecule has 246 valence electrons. The van der Waals surface area contributed by atoms with Crippen molar-refractivity contribution >= 4 is 81.3 Å². The Balaban J connectivity index is 1.10. The second-order valence-electron chi connectivity index (χ2n) is 14.5. The Morgan fingerprint density at radius 3 is 2.08 bits per heavy atom. The topological polar surface area (TPSA) is 16.4 Å². The number of rotatable bonds is 4. The van der Waals surface area contributed by atoms with Crippen LogP contribution in [0.3, 0.4) is 0 Å². The smallest absolute Gasteiger partial charge is 0.137 e. The van der Waals surface area contributed by atoms with Crippen molar-refractivity contribution in [3.8, 4) is 22.3 Å². The number of furan rings is 1. The van der Waals surface area contributed by atoms with Gasteiger partial charge in [0, 0.05) is 42.3 Å². The highest BCUT2D eigenvalue weighted by Crippen LogP contribution is 2.53. The third kappa shape index (κ3) is 4.30. The largest absolute Gasteiger partial charge is 0.456 e. The molecule has 0 radical (unpaired) electrons. The Morgan fingerprint density at radius 1 is 0.481 bits per heavy atom. The Labute approximate surface area is 305 Å². The van der Waals surface area contributed by atoms with Crippen LogP contribution in [-0.2, 0) is 5.41 Å². The van der Waals surface area contributed by atoms with Crippen molar-refractivity contribution in [1.29, 1.82) is 0 Å². The fourth-order valence-corrected chi connectivity index (χ4v) is 9.75. The first kappa shape index (κ1) is 29.6. The zero-order chi connectivity index (χ0) is 34.6. The standard InChI is InChI=1S/C49H33NOS/c1-49(2)41-27-35(24-25-36(41)39-28-40-37-12-6-8-17-46(37)52-47(40)29-42(39)49)50(43-14-9-16-45-48(43)38-13-5-7-15-44(38)51-45)34-22-20-31(21-23-34)33-19-18-30-10-3-4-11-32(30)26-33/h3-29H,1-2H3. The van der Waals surface area contributed by atoms with E-state index in [0.717, 1.165) is 39.0 Å². The van der Waals surface area contributed by atoms with Crippen LogP contribution in [0.2, 0.25) is 0 Å². The van der Waals surface area contributed by atoms with Gasteiger partial charge in [-0.2, -0.15) is 0 Å². The van der Waals surface area contributed by atoms with Gasteiger partial charge in [-0.1, -0.05) is 111 Å². The maximum atomic E-state index is 6.41. The normalized spacial score (nSPS) is 13.3. The van der Waals surface area contributed by atoms with Gasteiger partial charge in [0.25, 0.3) is 0 Å². The zero-order valence-corrected chi connectivity index (χ0v) is 29.7. The van der Waals surface area contributed by atoms with Crippen LogP contribution in [0.25, 0.3) is 75.1 Å². The van der Waals surface area contributed by atoms with Crippen LogP contribution in [-0.4, -0.2) is 0 Å². The van der Waals surface area contributed by atoms with Gasteiger partial charge in [0.1, 0.15) is 11.2 Å². The minimum Gasteiger partial charge on any atom is -0.456 e. The van der Waals surface area contributed by atoms with Gasteiger partial charge in [0.15, 0.2) is 0 Å². The van der Waals surface area contributed by atoms with Gasteiger partial charge in [-0.15, -0.1) is 11.3 Å². The van der Waals surface area contributed by atoms with Crippen molar-refractivity contribution in [2.45, 2.75) is 19.3 Å². The highest BCUT2D eigenvalue weighted by atomic mass is 32.1. The second kappa shape index (κ2) is 10.9. The van der Waals surface area contributed by atoms with E-state index in [-0.39, 0.29) is 5.41 Å². The van der Waals surface area contributed by atoms with Crippen LogP contribution < -0.4 is 4.90 Å². The number of hydrogen-bond donors (Lipinski definition) is 0. The predicted octanol–water partition coefficient (Wildman–Crippen LogP) is 14.6. The Morgan fingerprint density at radius 2 is 1.19 bits per heavy atom. The highest BCUT2D eigenvalue weighted by molar-refractivity contribution is 7.25. The first-order chi connectivity index (χ1) is 25.5. The molecule has 2 nitrogen and oxygen atoms in total. The summed E-state index contributed by atoms with van der Waals surface area (Å²) in [6, 6.07) is 59.9. The summed E-state index contributed by atoms with van der Waals surface area (Å²) in [7, 11) is 0. The maximum absolute atomic E-state index is 6.41. The van der Waals surface area contributed by atoms with Gasteiger partial charge in [-0.25, -0.2) is 0 Å². The fourth-order valence-electron chi connectivity index (χ4n) is 8.62. The molecule has 0 spiro atoms. The highest BCUT2D eigenvalue weighted by Gasteiger charge is 2.37. The summed E-state index contributed by atoms with van der Waals surface area (Å²) in [5.74, 6) is 0. The van der Waals surface area contributed by atoms with Crippen LogP contribution in [0.5, 0.6) is 0 Å². The average molecular weight is 684 g/mol. The number of anilines is 3. The molecule has 2 aromatic heterocycles. The number of thiophene rings is 1. The summed E-state index contributed by atoms with van der Waals surface area (Å²) in [5.41, 5.74) is 12.8. The summed E-state index contributed by atoms with van der Waals surface area (Å²) in [4.78, 5) is 2.42. The van der Waals surface area contributed by atoms with Gasteiger partial charge in [0.05, 0.1) is 11.1 Å². The molecule has 0 fully saturated rings. The van der Waals surface area contributed by atoms with Crippen molar-refractivity contribution in [2.24, 2.45) is 0 Å². The van der Waals surface area contributed by atoms with E-state index < -0.39 is 0 Å². The average Bonchev–Trinajstić information content (AvgIpc) is 3.82. The molecule has 0 aliphatic heterocycles. The summed E-state index contributed by atoms with van der Waals surface area (Å²) in [6.07, 6.45) is 0. The molecule has 1 aliphatic carbocycles. The van der Waals surface area contributed by atoms with E-state index in [1.807, 2.05) is 17.4 Å². The third-order valence-corrected chi connectivity index (χ3v) is 12.4. The summed E-state index contributed by atoms with van der Waals surface area (Å²) in [5, 5.41) is 7.42. The van der Waals surface area contributed by atoms with Crippen LogP contribution in [0.15, 0.2) is 168 Å². The van der Waals surface area contributed by atoms with E-state index in [2.05, 4.69) is 176 Å². The van der Waals surface area contributed by atoms with Crippen molar-refractivity contribution in [3.05, 3.63) is 175 Å². The van der Waals surface area contributed by atoms with Gasteiger partial charge < -0.3 is 9.32 Å². The van der Waals surface area contributed by atoms with Gasteiger partial charge in [-0.3, -0.25) is 0 Å². The van der Waals surface area contributed by atoms with Gasteiger partial charge >= 0.3 is 0 Å². The first-order valence-electron chi connectivity index (χ1n) is 17.9. The van der Waals surface area contributed by atoms with E-state index in [1.165, 1.54) is 64.3 Å². The van der Waals surface area contributed by atoms with Crippen molar-refractivity contribution in [2.75, 3.05) is 4.90 Å². The molecule has 0 saturated carbocycles.